The van der Waals surface area contributed by atoms with E-state index in [1.165, 1.54) is 4.90 Å². The molecule has 4 rings (SSSR count). The number of Topliss-reactive ketones (excluding diaryl/α,β-unsaturated/α-hetero) is 1. The molecule has 1 aliphatic heterocycles. The van der Waals surface area contributed by atoms with Gasteiger partial charge in [-0.25, -0.2) is 0 Å². The van der Waals surface area contributed by atoms with Crippen molar-refractivity contribution in [2.75, 3.05) is 18.1 Å². The fourth-order valence-corrected chi connectivity index (χ4v) is 4.35. The maximum atomic E-state index is 13.3. The molecular weight excluding hydrogens is 489 g/mol. The molecule has 1 heterocycles. The topological polar surface area (TPSA) is 76.1 Å². The summed E-state index contributed by atoms with van der Waals surface area (Å²) in [6.07, 6.45) is 0. The number of ether oxygens (including phenoxy) is 2. The van der Waals surface area contributed by atoms with E-state index in [9.17, 15) is 14.7 Å². The number of hydrogen-bond acceptors (Lipinski definition) is 5. The molecule has 1 unspecified atom stereocenters. The third kappa shape index (κ3) is 4.85. The highest BCUT2D eigenvalue weighted by molar-refractivity contribution is 6.52. The predicted octanol–water partition coefficient (Wildman–Crippen LogP) is 6.42. The molecule has 0 aromatic heterocycles. The van der Waals surface area contributed by atoms with Crippen molar-refractivity contribution >= 4 is 46.3 Å². The maximum absolute atomic E-state index is 13.3. The van der Waals surface area contributed by atoms with Crippen LogP contribution in [0, 0.1) is 0 Å². The molecule has 0 radical (unpaired) electrons. The predicted molar refractivity (Wildman–Crippen MR) is 136 cm³/mol. The van der Waals surface area contributed by atoms with Crippen LogP contribution in [0.4, 0.5) is 5.69 Å². The number of rotatable bonds is 7. The number of carbonyl (C=O) groups is 2. The molecule has 0 saturated carbocycles. The van der Waals surface area contributed by atoms with Gasteiger partial charge in [-0.2, -0.15) is 0 Å². The van der Waals surface area contributed by atoms with E-state index in [0.29, 0.717) is 41.0 Å². The van der Waals surface area contributed by atoms with Gasteiger partial charge in [0.2, 0.25) is 0 Å². The third-order valence-corrected chi connectivity index (χ3v) is 6.14. The smallest absolute Gasteiger partial charge is 0.300 e. The lowest BCUT2D eigenvalue weighted by Gasteiger charge is -2.25. The standard InChI is InChI=1S/C27H23Cl2NO5/c1-3-34-19-11-9-18(10-12-19)30-24(16-5-7-17(28)8-6-16)23(26(32)27(30)33)25(31)21-15-20(35-4-2)13-14-22(21)29/h5-15,24,31H,3-4H2,1-2H3/b25-23+. The van der Waals surface area contributed by atoms with E-state index >= 15 is 0 Å². The minimum Gasteiger partial charge on any atom is -0.507 e. The molecule has 3 aromatic carbocycles. The van der Waals surface area contributed by atoms with Crippen LogP contribution in [0.15, 0.2) is 72.3 Å². The summed E-state index contributed by atoms with van der Waals surface area (Å²) in [5.74, 6) is -0.872. The number of aliphatic hydroxyl groups is 1. The molecule has 0 spiro atoms. The number of halogens is 2. The number of benzene rings is 3. The van der Waals surface area contributed by atoms with Crippen LogP contribution >= 0.6 is 23.2 Å². The van der Waals surface area contributed by atoms with Crippen molar-refractivity contribution in [2.24, 2.45) is 0 Å². The van der Waals surface area contributed by atoms with Crippen molar-refractivity contribution in [3.8, 4) is 11.5 Å². The molecule has 180 valence electrons. The molecule has 3 aromatic rings. The van der Waals surface area contributed by atoms with Gasteiger partial charge in [-0.1, -0.05) is 35.3 Å². The normalized spacial score (nSPS) is 17.0. The Bertz CT molecular complexity index is 1290. The second kappa shape index (κ2) is 10.4. The molecule has 1 atom stereocenters. The van der Waals surface area contributed by atoms with Crippen LogP contribution in [0.2, 0.25) is 10.0 Å². The first-order valence-electron chi connectivity index (χ1n) is 11.1. The van der Waals surface area contributed by atoms with Crippen molar-refractivity contribution in [1.82, 2.24) is 0 Å². The number of ketones is 1. The zero-order valence-electron chi connectivity index (χ0n) is 19.1. The molecule has 0 aliphatic carbocycles. The number of amides is 1. The summed E-state index contributed by atoms with van der Waals surface area (Å²) in [6.45, 7) is 4.61. The fraction of sp³-hybridized carbons (Fsp3) is 0.185. The van der Waals surface area contributed by atoms with E-state index < -0.39 is 17.7 Å². The zero-order valence-corrected chi connectivity index (χ0v) is 20.6. The Kier molecular flexibility index (Phi) is 7.34. The van der Waals surface area contributed by atoms with E-state index in [1.54, 1.807) is 66.7 Å². The van der Waals surface area contributed by atoms with Crippen molar-refractivity contribution in [2.45, 2.75) is 19.9 Å². The summed E-state index contributed by atoms with van der Waals surface area (Å²) >= 11 is 12.5. The number of hydrogen-bond donors (Lipinski definition) is 1. The summed E-state index contributed by atoms with van der Waals surface area (Å²) in [5, 5.41) is 12.1. The van der Waals surface area contributed by atoms with Crippen LogP contribution in [0.3, 0.4) is 0 Å². The molecule has 6 nitrogen and oxygen atoms in total. The first-order valence-corrected chi connectivity index (χ1v) is 11.8. The average Bonchev–Trinajstić information content (AvgIpc) is 3.11. The van der Waals surface area contributed by atoms with Crippen LogP contribution in [0.25, 0.3) is 5.76 Å². The van der Waals surface area contributed by atoms with Crippen LogP contribution < -0.4 is 14.4 Å². The van der Waals surface area contributed by atoms with Gasteiger partial charge in [0, 0.05) is 16.3 Å². The van der Waals surface area contributed by atoms with Gasteiger partial charge in [-0.05, 0) is 74.0 Å². The van der Waals surface area contributed by atoms with E-state index in [4.69, 9.17) is 32.7 Å². The number of carbonyl (C=O) groups excluding carboxylic acids is 2. The second-order valence-electron chi connectivity index (χ2n) is 7.72. The Morgan fingerprint density at radius 3 is 2.11 bits per heavy atom. The van der Waals surface area contributed by atoms with Gasteiger partial charge in [-0.3, -0.25) is 14.5 Å². The minimum absolute atomic E-state index is 0.0817. The van der Waals surface area contributed by atoms with Crippen LogP contribution in [-0.2, 0) is 9.59 Å². The second-order valence-corrected chi connectivity index (χ2v) is 8.57. The van der Waals surface area contributed by atoms with E-state index in [0.717, 1.165) is 0 Å². The van der Waals surface area contributed by atoms with Crippen molar-refractivity contribution < 1.29 is 24.2 Å². The molecule has 0 bridgehead atoms. The van der Waals surface area contributed by atoms with Crippen molar-refractivity contribution in [1.29, 1.82) is 0 Å². The molecule has 8 heteroatoms. The highest BCUT2D eigenvalue weighted by Crippen LogP contribution is 2.43. The third-order valence-electron chi connectivity index (χ3n) is 5.56. The van der Waals surface area contributed by atoms with Gasteiger partial charge >= 0.3 is 0 Å². The molecule has 35 heavy (non-hydrogen) atoms. The van der Waals surface area contributed by atoms with Gasteiger partial charge in [0.25, 0.3) is 11.7 Å². The molecular formula is C27H23Cl2NO5. The Balaban J connectivity index is 1.90. The first-order chi connectivity index (χ1) is 16.8. The Morgan fingerprint density at radius 1 is 0.886 bits per heavy atom. The average molecular weight is 512 g/mol. The number of nitrogens with zero attached hydrogens (tertiary/aromatic N) is 1. The lowest BCUT2D eigenvalue weighted by atomic mass is 9.95. The van der Waals surface area contributed by atoms with Gasteiger partial charge in [0.1, 0.15) is 17.3 Å². The van der Waals surface area contributed by atoms with E-state index in [-0.39, 0.29) is 21.9 Å². The largest absolute Gasteiger partial charge is 0.507 e. The first kappa shape index (κ1) is 24.6. The summed E-state index contributed by atoms with van der Waals surface area (Å²) < 4.78 is 11.0. The van der Waals surface area contributed by atoms with Gasteiger partial charge in [-0.15, -0.1) is 0 Å². The fourth-order valence-electron chi connectivity index (χ4n) is 4.02. The summed E-state index contributed by atoms with van der Waals surface area (Å²) in [7, 11) is 0. The van der Waals surface area contributed by atoms with Crippen LogP contribution in [0.5, 0.6) is 11.5 Å². The summed E-state index contributed by atoms with van der Waals surface area (Å²) in [4.78, 5) is 27.9. The van der Waals surface area contributed by atoms with E-state index in [2.05, 4.69) is 0 Å². The molecule has 1 N–H and O–H groups in total. The van der Waals surface area contributed by atoms with Gasteiger partial charge in [0.15, 0.2) is 0 Å². The maximum Gasteiger partial charge on any atom is 0.300 e. The molecule has 1 aliphatic rings. The quantitative estimate of drug-likeness (QED) is 0.225. The SMILES string of the molecule is CCOc1ccc(N2C(=O)C(=O)/C(=C(/O)c3cc(OCC)ccc3Cl)C2c2ccc(Cl)cc2)cc1. The number of anilines is 1. The van der Waals surface area contributed by atoms with E-state index in [1.807, 2.05) is 13.8 Å². The van der Waals surface area contributed by atoms with Gasteiger partial charge in [0.05, 0.1) is 29.9 Å². The minimum atomic E-state index is -0.906. The lowest BCUT2D eigenvalue weighted by Crippen LogP contribution is -2.29. The zero-order chi connectivity index (χ0) is 25.1. The highest BCUT2D eigenvalue weighted by Gasteiger charge is 2.47. The molecule has 1 amide bonds. The Labute approximate surface area is 213 Å². The molecule has 1 saturated heterocycles. The number of aliphatic hydroxyl groups excluding tert-OH is 1. The summed E-state index contributed by atoms with van der Waals surface area (Å²) in [5.41, 5.74) is 1.19. The Hall–Kier alpha value is -3.48. The van der Waals surface area contributed by atoms with Gasteiger partial charge < -0.3 is 14.6 Å². The van der Waals surface area contributed by atoms with Crippen LogP contribution in [-0.4, -0.2) is 30.0 Å². The molecule has 1 fully saturated rings. The highest BCUT2D eigenvalue weighted by atomic mass is 35.5. The van der Waals surface area contributed by atoms with Crippen molar-refractivity contribution in [3.63, 3.8) is 0 Å². The monoisotopic (exact) mass is 511 g/mol. The lowest BCUT2D eigenvalue weighted by molar-refractivity contribution is -0.132. The van der Waals surface area contributed by atoms with Crippen LogP contribution in [0.1, 0.15) is 31.0 Å². The van der Waals surface area contributed by atoms with Crippen molar-refractivity contribution in [3.05, 3.63) is 93.5 Å². The Morgan fingerprint density at radius 2 is 1.49 bits per heavy atom. The summed E-state index contributed by atoms with van der Waals surface area (Å²) in [6, 6.07) is 17.5.